The highest BCUT2D eigenvalue weighted by Gasteiger charge is 2.30. The normalized spacial score (nSPS) is 22.2. The lowest BCUT2D eigenvalue weighted by Crippen LogP contribution is -2.55. The van der Waals surface area contributed by atoms with E-state index in [-0.39, 0.29) is 6.04 Å². The van der Waals surface area contributed by atoms with Crippen LogP contribution in [0.2, 0.25) is 0 Å². The Labute approximate surface area is 164 Å². The molecule has 0 radical (unpaired) electrons. The highest BCUT2D eigenvalue weighted by Crippen LogP contribution is 2.25. The zero-order chi connectivity index (χ0) is 20.5. The van der Waals surface area contributed by atoms with E-state index >= 15 is 0 Å². The number of carbonyl (C=O) groups excluding carboxylic acids is 1. The van der Waals surface area contributed by atoms with Crippen LogP contribution in [0.15, 0.2) is 51.2 Å². The van der Waals surface area contributed by atoms with Crippen LogP contribution in [0.4, 0.5) is 14.5 Å². The number of nitrogens with zero attached hydrogens (tertiary/aromatic N) is 2. The van der Waals surface area contributed by atoms with Gasteiger partial charge in [-0.1, -0.05) is 0 Å². The van der Waals surface area contributed by atoms with Gasteiger partial charge in [-0.05, 0) is 30.7 Å². The largest absolute Gasteiger partial charge is 0.417 e. The molecule has 1 aliphatic carbocycles. The molecule has 1 amide bonds. The Kier molecular flexibility index (Phi) is 5.31. The number of hydrogen-bond donors (Lipinski definition) is 3. The number of anilines is 1. The Hall–Kier alpha value is -2.82. The highest BCUT2D eigenvalue weighted by molar-refractivity contribution is 5.95. The van der Waals surface area contributed by atoms with Gasteiger partial charge in [-0.2, -0.15) is 0 Å². The van der Waals surface area contributed by atoms with Gasteiger partial charge >= 0.3 is 5.76 Å². The van der Waals surface area contributed by atoms with Crippen molar-refractivity contribution in [2.24, 2.45) is 0 Å². The zero-order valence-corrected chi connectivity index (χ0v) is 15.4. The number of aliphatic hydroxyl groups excluding tert-OH is 1. The molecule has 2 unspecified atom stereocenters. The fourth-order valence-electron chi connectivity index (χ4n) is 3.60. The molecule has 8 nitrogen and oxygen atoms in total. The summed E-state index contributed by atoms with van der Waals surface area (Å²) in [5.74, 6) is -2.88. The molecule has 29 heavy (non-hydrogen) atoms. The monoisotopic (exact) mass is 406 g/mol. The Morgan fingerprint density at radius 3 is 2.72 bits per heavy atom. The SMILES string of the molecule is O=C(Nc1ccc2[nH]c(=O)oc2c1)C(O)N1CCN(C2C=C(F)C(F)=CC2)CC1. The van der Waals surface area contributed by atoms with Crippen LogP contribution in [0.1, 0.15) is 6.42 Å². The molecular weight excluding hydrogens is 386 g/mol. The summed E-state index contributed by atoms with van der Waals surface area (Å²) >= 11 is 0. The number of amides is 1. The van der Waals surface area contributed by atoms with E-state index < -0.39 is 29.5 Å². The van der Waals surface area contributed by atoms with Crippen molar-refractivity contribution in [3.05, 3.63) is 52.6 Å². The van der Waals surface area contributed by atoms with Crippen LogP contribution in [0, 0.1) is 0 Å². The smallest absolute Gasteiger partial charge is 0.408 e. The third-order valence-electron chi connectivity index (χ3n) is 5.19. The van der Waals surface area contributed by atoms with Crippen LogP contribution in [0.25, 0.3) is 11.1 Å². The second kappa shape index (κ2) is 7.90. The summed E-state index contributed by atoms with van der Waals surface area (Å²) in [5.41, 5.74) is 1.20. The molecule has 154 valence electrons. The van der Waals surface area contributed by atoms with Crippen LogP contribution in [0.5, 0.6) is 0 Å². The molecule has 4 rings (SSSR count). The number of oxazole rings is 1. The number of halogens is 2. The van der Waals surface area contributed by atoms with Crippen molar-refractivity contribution in [2.75, 3.05) is 31.5 Å². The number of carbonyl (C=O) groups is 1. The second-order valence-corrected chi connectivity index (χ2v) is 7.03. The Morgan fingerprint density at radius 2 is 2.00 bits per heavy atom. The van der Waals surface area contributed by atoms with Gasteiger partial charge in [0.15, 0.2) is 23.5 Å². The Morgan fingerprint density at radius 1 is 1.24 bits per heavy atom. The predicted molar refractivity (Wildman–Crippen MR) is 101 cm³/mol. The van der Waals surface area contributed by atoms with Crippen molar-refractivity contribution in [1.82, 2.24) is 14.8 Å². The molecule has 3 N–H and O–H groups in total. The molecule has 0 saturated carbocycles. The first-order valence-corrected chi connectivity index (χ1v) is 9.24. The van der Waals surface area contributed by atoms with E-state index in [1.54, 1.807) is 17.0 Å². The molecular formula is C19H20F2N4O4. The van der Waals surface area contributed by atoms with Gasteiger partial charge in [0.05, 0.1) is 5.52 Å². The fraction of sp³-hybridized carbons (Fsp3) is 0.368. The van der Waals surface area contributed by atoms with E-state index in [1.165, 1.54) is 18.2 Å². The first-order chi connectivity index (χ1) is 13.9. The first kappa shape index (κ1) is 19.5. The summed E-state index contributed by atoms with van der Waals surface area (Å²) in [6.07, 6.45) is 1.53. The third-order valence-corrected chi connectivity index (χ3v) is 5.19. The molecule has 10 heteroatoms. The molecule has 0 spiro atoms. The van der Waals surface area contributed by atoms with Crippen molar-refractivity contribution >= 4 is 22.7 Å². The number of hydrogen-bond acceptors (Lipinski definition) is 6. The molecule has 2 aliphatic rings. The van der Waals surface area contributed by atoms with Gasteiger partial charge in [-0.25, -0.2) is 13.6 Å². The van der Waals surface area contributed by atoms with Crippen LogP contribution < -0.4 is 11.1 Å². The summed E-state index contributed by atoms with van der Waals surface area (Å²) in [5, 5.41) is 13.0. The van der Waals surface area contributed by atoms with Gasteiger partial charge in [0.1, 0.15) is 0 Å². The lowest BCUT2D eigenvalue weighted by Gasteiger charge is -2.39. The molecule has 2 aromatic rings. The maximum atomic E-state index is 13.5. The van der Waals surface area contributed by atoms with Gasteiger partial charge in [0.2, 0.25) is 0 Å². The molecule has 1 aromatic carbocycles. The minimum Gasteiger partial charge on any atom is -0.408 e. The number of aliphatic hydroxyl groups is 1. The van der Waals surface area contributed by atoms with Gasteiger partial charge in [0.25, 0.3) is 5.91 Å². The average molecular weight is 406 g/mol. The van der Waals surface area contributed by atoms with Crippen molar-refractivity contribution in [3.8, 4) is 0 Å². The summed E-state index contributed by atoms with van der Waals surface area (Å²) in [6, 6.07) is 4.44. The lowest BCUT2D eigenvalue weighted by atomic mass is 10.0. The number of H-pyrrole nitrogens is 1. The highest BCUT2D eigenvalue weighted by atomic mass is 19.2. The van der Waals surface area contributed by atoms with E-state index in [1.807, 2.05) is 4.90 Å². The first-order valence-electron chi connectivity index (χ1n) is 9.24. The molecule has 2 atom stereocenters. The maximum absolute atomic E-state index is 13.5. The quantitative estimate of drug-likeness (QED) is 0.711. The Balaban J connectivity index is 1.33. The molecule has 1 fully saturated rings. The summed E-state index contributed by atoms with van der Waals surface area (Å²) < 4.78 is 31.5. The number of aromatic amines is 1. The number of benzene rings is 1. The average Bonchev–Trinajstić information content (AvgIpc) is 3.09. The third kappa shape index (κ3) is 4.14. The minimum absolute atomic E-state index is 0.231. The number of rotatable bonds is 4. The van der Waals surface area contributed by atoms with E-state index in [2.05, 4.69) is 10.3 Å². The minimum atomic E-state index is -1.36. The van der Waals surface area contributed by atoms with Gasteiger partial charge in [-0.3, -0.25) is 19.6 Å². The van der Waals surface area contributed by atoms with E-state index in [4.69, 9.17) is 4.42 Å². The number of piperazine rings is 1. The molecule has 0 bridgehead atoms. The van der Waals surface area contributed by atoms with Crippen LogP contribution >= 0.6 is 0 Å². The van der Waals surface area contributed by atoms with Gasteiger partial charge in [0, 0.05) is 44.0 Å². The van der Waals surface area contributed by atoms with Crippen molar-refractivity contribution < 1.29 is 23.1 Å². The summed E-state index contributed by atoms with van der Waals surface area (Å²) in [4.78, 5) is 29.7. The molecule has 1 aliphatic heterocycles. The van der Waals surface area contributed by atoms with Crippen LogP contribution in [-0.4, -0.2) is 64.2 Å². The zero-order valence-electron chi connectivity index (χ0n) is 15.4. The van der Waals surface area contributed by atoms with Crippen LogP contribution in [-0.2, 0) is 4.79 Å². The van der Waals surface area contributed by atoms with Crippen molar-refractivity contribution in [1.29, 1.82) is 0 Å². The number of aromatic nitrogens is 1. The predicted octanol–water partition coefficient (Wildman–Crippen LogP) is 1.47. The Bertz CT molecular complexity index is 1040. The number of nitrogens with one attached hydrogen (secondary N) is 2. The lowest BCUT2D eigenvalue weighted by molar-refractivity contribution is -0.135. The summed E-state index contributed by atoms with van der Waals surface area (Å²) in [6.45, 7) is 1.82. The number of allylic oxidation sites excluding steroid dienone is 2. The molecule has 1 aromatic heterocycles. The molecule has 1 saturated heterocycles. The topological polar surface area (TPSA) is 102 Å². The van der Waals surface area contributed by atoms with Crippen molar-refractivity contribution in [3.63, 3.8) is 0 Å². The van der Waals surface area contributed by atoms with Gasteiger partial charge < -0.3 is 14.8 Å². The number of fused-ring (bicyclic) bond motifs is 1. The second-order valence-electron chi connectivity index (χ2n) is 7.03. The summed E-state index contributed by atoms with van der Waals surface area (Å²) in [7, 11) is 0. The van der Waals surface area contributed by atoms with Crippen molar-refractivity contribution in [2.45, 2.75) is 18.7 Å². The molecule has 2 heterocycles. The van der Waals surface area contributed by atoms with E-state index in [9.17, 15) is 23.5 Å². The standard InChI is InChI=1S/C19H20F2N4O4/c20-13-3-2-12(10-14(13)21)24-5-7-25(8-6-24)18(27)17(26)22-11-1-4-15-16(9-11)29-19(28)23-15/h1,3-4,9-10,12,18,27H,2,5-8H2,(H,22,26)(H,23,28). The van der Waals surface area contributed by atoms with E-state index in [0.29, 0.717) is 49.4 Å². The van der Waals surface area contributed by atoms with Crippen LogP contribution in [0.3, 0.4) is 0 Å². The van der Waals surface area contributed by atoms with Gasteiger partial charge in [-0.15, -0.1) is 0 Å². The maximum Gasteiger partial charge on any atom is 0.417 e. The van der Waals surface area contributed by atoms with E-state index in [0.717, 1.165) is 0 Å². The fourth-order valence-corrected chi connectivity index (χ4v) is 3.60.